The fourth-order valence-corrected chi connectivity index (χ4v) is 2.87. The molecule has 0 radical (unpaired) electrons. The van der Waals surface area contributed by atoms with E-state index in [4.69, 9.17) is 16.3 Å². The first-order valence-corrected chi connectivity index (χ1v) is 8.78. The van der Waals surface area contributed by atoms with Crippen molar-refractivity contribution in [1.82, 2.24) is 10.2 Å². The molecule has 0 saturated heterocycles. The minimum absolute atomic E-state index is 0.140. The van der Waals surface area contributed by atoms with Gasteiger partial charge in [0.25, 0.3) is 5.91 Å². The van der Waals surface area contributed by atoms with Crippen molar-refractivity contribution in [2.75, 3.05) is 20.6 Å². The Kier molecular flexibility index (Phi) is 7.00. The number of likely N-dealkylation sites (N-methyl/N-ethyl adjacent to an activating group) is 1. The summed E-state index contributed by atoms with van der Waals surface area (Å²) in [6.45, 7) is 3.91. The van der Waals surface area contributed by atoms with Gasteiger partial charge < -0.3 is 15.0 Å². The Morgan fingerprint density at radius 3 is 2.62 bits per heavy atom. The smallest absolute Gasteiger partial charge is 0.260 e. The summed E-state index contributed by atoms with van der Waals surface area (Å²) in [6.07, 6.45) is -0.662. The van der Waals surface area contributed by atoms with Crippen LogP contribution in [0.5, 0.6) is 5.75 Å². The average molecular weight is 379 g/mol. The van der Waals surface area contributed by atoms with Crippen LogP contribution in [-0.4, -0.2) is 37.6 Å². The fraction of sp³-hybridized carbons (Fsp3) is 0.350. The number of carbonyl (C=O) groups is 1. The van der Waals surface area contributed by atoms with Gasteiger partial charge in [-0.05, 0) is 69.4 Å². The number of ether oxygens (including phenoxy) is 1. The molecule has 0 heterocycles. The molecule has 26 heavy (non-hydrogen) atoms. The van der Waals surface area contributed by atoms with Crippen LogP contribution in [0.15, 0.2) is 42.5 Å². The number of aryl methyl sites for hydroxylation is 1. The van der Waals surface area contributed by atoms with Gasteiger partial charge in [0.2, 0.25) is 0 Å². The molecular formula is C20H24ClFN2O2. The summed E-state index contributed by atoms with van der Waals surface area (Å²) < 4.78 is 19.2. The zero-order valence-corrected chi connectivity index (χ0v) is 16.2. The van der Waals surface area contributed by atoms with Crippen LogP contribution in [0.1, 0.15) is 24.1 Å². The van der Waals surface area contributed by atoms with Crippen molar-refractivity contribution in [1.29, 1.82) is 0 Å². The zero-order chi connectivity index (χ0) is 19.3. The first kappa shape index (κ1) is 20.2. The van der Waals surface area contributed by atoms with Crippen LogP contribution < -0.4 is 10.1 Å². The van der Waals surface area contributed by atoms with E-state index in [1.165, 1.54) is 12.1 Å². The van der Waals surface area contributed by atoms with Crippen molar-refractivity contribution in [3.8, 4) is 5.75 Å². The van der Waals surface area contributed by atoms with Crippen molar-refractivity contribution in [3.05, 3.63) is 64.4 Å². The number of nitrogens with one attached hydrogen (secondary N) is 1. The second kappa shape index (κ2) is 9.01. The lowest BCUT2D eigenvalue weighted by atomic mass is 10.1. The van der Waals surface area contributed by atoms with E-state index in [9.17, 15) is 9.18 Å². The van der Waals surface area contributed by atoms with Crippen molar-refractivity contribution >= 4 is 17.5 Å². The Morgan fingerprint density at radius 1 is 1.27 bits per heavy atom. The number of carbonyl (C=O) groups excluding carboxylic acids is 1. The molecule has 0 aliphatic carbocycles. The molecule has 2 unspecified atom stereocenters. The van der Waals surface area contributed by atoms with Crippen LogP contribution in [-0.2, 0) is 4.79 Å². The van der Waals surface area contributed by atoms with E-state index in [1.807, 2.05) is 32.0 Å². The molecule has 2 aromatic rings. The molecule has 0 fully saturated rings. The largest absolute Gasteiger partial charge is 0.481 e. The van der Waals surface area contributed by atoms with Gasteiger partial charge in [0, 0.05) is 11.6 Å². The summed E-state index contributed by atoms with van der Waals surface area (Å²) in [4.78, 5) is 14.3. The van der Waals surface area contributed by atoms with Crippen LogP contribution in [0.2, 0.25) is 5.02 Å². The molecule has 4 nitrogen and oxygen atoms in total. The third-order valence-electron chi connectivity index (χ3n) is 4.14. The molecular weight excluding hydrogens is 355 g/mol. The van der Waals surface area contributed by atoms with Gasteiger partial charge in [-0.1, -0.05) is 23.7 Å². The lowest BCUT2D eigenvalue weighted by molar-refractivity contribution is -0.127. The predicted octanol–water partition coefficient (Wildman–Crippen LogP) is 3.97. The van der Waals surface area contributed by atoms with Gasteiger partial charge in [-0.15, -0.1) is 0 Å². The normalized spacial score (nSPS) is 13.3. The number of benzene rings is 2. The summed E-state index contributed by atoms with van der Waals surface area (Å²) in [5.74, 6) is 0.0875. The first-order valence-electron chi connectivity index (χ1n) is 8.40. The van der Waals surface area contributed by atoms with Crippen LogP contribution in [0.25, 0.3) is 0 Å². The van der Waals surface area contributed by atoms with Crippen LogP contribution in [0, 0.1) is 12.7 Å². The maximum atomic E-state index is 13.5. The summed E-state index contributed by atoms with van der Waals surface area (Å²) >= 11 is 5.93. The number of amides is 1. The SMILES string of the molecule is Cc1cc(Cl)ccc1OC(C)C(=O)NCC(c1cccc(F)c1)N(C)C. The van der Waals surface area contributed by atoms with Gasteiger partial charge in [0.05, 0.1) is 6.04 Å². The van der Waals surface area contributed by atoms with Gasteiger partial charge in [-0.25, -0.2) is 4.39 Å². The summed E-state index contributed by atoms with van der Waals surface area (Å²) in [5, 5.41) is 3.50. The molecule has 1 N–H and O–H groups in total. The molecule has 0 aliphatic rings. The molecule has 0 aliphatic heterocycles. The molecule has 0 saturated carbocycles. The van der Waals surface area contributed by atoms with E-state index in [2.05, 4.69) is 5.32 Å². The molecule has 2 aromatic carbocycles. The first-order chi connectivity index (χ1) is 12.3. The molecule has 1 amide bonds. The molecule has 0 aromatic heterocycles. The Balaban J connectivity index is 1.99. The van der Waals surface area contributed by atoms with E-state index < -0.39 is 6.10 Å². The maximum absolute atomic E-state index is 13.5. The highest BCUT2D eigenvalue weighted by Crippen LogP contribution is 2.23. The predicted molar refractivity (Wildman–Crippen MR) is 102 cm³/mol. The Morgan fingerprint density at radius 2 is 2.00 bits per heavy atom. The highest BCUT2D eigenvalue weighted by Gasteiger charge is 2.20. The van der Waals surface area contributed by atoms with Crippen LogP contribution in [0.4, 0.5) is 4.39 Å². The van der Waals surface area contributed by atoms with E-state index >= 15 is 0 Å². The van der Waals surface area contributed by atoms with Crippen LogP contribution >= 0.6 is 11.6 Å². The van der Waals surface area contributed by atoms with Gasteiger partial charge in [0.1, 0.15) is 11.6 Å². The van der Waals surface area contributed by atoms with Gasteiger partial charge in [0.15, 0.2) is 6.10 Å². The summed E-state index contributed by atoms with van der Waals surface area (Å²) in [5.41, 5.74) is 1.67. The fourth-order valence-electron chi connectivity index (χ4n) is 2.64. The van der Waals surface area contributed by atoms with Gasteiger partial charge in [-0.2, -0.15) is 0 Å². The highest BCUT2D eigenvalue weighted by atomic mass is 35.5. The number of nitrogens with zero attached hydrogens (tertiary/aromatic N) is 1. The second-order valence-corrected chi connectivity index (χ2v) is 6.89. The molecule has 0 bridgehead atoms. The number of hydrogen-bond acceptors (Lipinski definition) is 3. The van der Waals surface area contributed by atoms with E-state index in [0.717, 1.165) is 11.1 Å². The average Bonchev–Trinajstić information content (AvgIpc) is 2.57. The number of halogens is 2. The van der Waals surface area contributed by atoms with Crippen molar-refractivity contribution < 1.29 is 13.9 Å². The van der Waals surface area contributed by atoms with Crippen molar-refractivity contribution in [2.24, 2.45) is 0 Å². The van der Waals surface area contributed by atoms with Gasteiger partial charge >= 0.3 is 0 Å². The number of hydrogen-bond donors (Lipinski definition) is 1. The number of rotatable bonds is 7. The zero-order valence-electron chi connectivity index (χ0n) is 15.4. The molecule has 140 valence electrons. The Labute approximate surface area is 158 Å². The molecule has 2 rings (SSSR count). The van der Waals surface area contributed by atoms with Gasteiger partial charge in [-0.3, -0.25) is 4.79 Å². The maximum Gasteiger partial charge on any atom is 0.260 e. The topological polar surface area (TPSA) is 41.6 Å². The van der Waals surface area contributed by atoms with Crippen LogP contribution in [0.3, 0.4) is 0 Å². The third kappa shape index (κ3) is 5.44. The van der Waals surface area contributed by atoms with Crippen molar-refractivity contribution in [2.45, 2.75) is 26.0 Å². The standard InChI is InChI=1S/C20H24ClFN2O2/c1-13-10-16(21)8-9-19(13)26-14(2)20(25)23-12-18(24(3)4)15-6-5-7-17(22)11-15/h5-11,14,18H,12H2,1-4H3,(H,23,25). The quantitative estimate of drug-likeness (QED) is 0.792. The van der Waals surface area contributed by atoms with Crippen molar-refractivity contribution in [3.63, 3.8) is 0 Å². The minimum atomic E-state index is -0.662. The van der Waals surface area contributed by atoms with E-state index in [-0.39, 0.29) is 17.8 Å². The Hall–Kier alpha value is -2.11. The monoisotopic (exact) mass is 378 g/mol. The Bertz CT molecular complexity index is 767. The van der Waals surface area contributed by atoms with E-state index in [1.54, 1.807) is 31.2 Å². The summed E-state index contributed by atoms with van der Waals surface area (Å²) in [7, 11) is 3.78. The lowest BCUT2D eigenvalue weighted by Crippen LogP contribution is -2.41. The molecule has 6 heteroatoms. The third-order valence-corrected chi connectivity index (χ3v) is 4.37. The lowest BCUT2D eigenvalue weighted by Gasteiger charge is -2.26. The molecule has 2 atom stereocenters. The summed E-state index contributed by atoms with van der Waals surface area (Å²) in [6, 6.07) is 11.5. The highest BCUT2D eigenvalue weighted by molar-refractivity contribution is 6.30. The van der Waals surface area contributed by atoms with E-state index in [0.29, 0.717) is 17.3 Å². The minimum Gasteiger partial charge on any atom is -0.481 e. The second-order valence-electron chi connectivity index (χ2n) is 6.45. The molecule has 0 spiro atoms.